The third kappa shape index (κ3) is 2.42. The van der Waals surface area contributed by atoms with Gasteiger partial charge in [0.25, 0.3) is 0 Å². The van der Waals surface area contributed by atoms with E-state index in [1.54, 1.807) is 0 Å². The van der Waals surface area contributed by atoms with Crippen molar-refractivity contribution in [3.05, 3.63) is 4.60 Å². The number of nitrogen functional groups attached to an aromatic ring is 1. The minimum atomic E-state index is 0.398. The van der Waals surface area contributed by atoms with Crippen LogP contribution in [0, 0.1) is 5.41 Å². The first-order valence-corrected chi connectivity index (χ1v) is 6.18. The Bertz CT molecular complexity index is 383. The molecule has 0 amide bonds. The van der Waals surface area contributed by atoms with Gasteiger partial charge in [-0.05, 0) is 34.2 Å². The molecule has 0 aromatic carbocycles. The van der Waals surface area contributed by atoms with Gasteiger partial charge >= 0.3 is 0 Å². The number of anilines is 2. The number of aromatic nitrogens is 3. The van der Waals surface area contributed by atoms with Crippen LogP contribution in [0.25, 0.3) is 0 Å². The lowest BCUT2D eigenvalue weighted by atomic mass is 9.83. The van der Waals surface area contributed by atoms with Crippen LogP contribution in [0.2, 0.25) is 0 Å². The van der Waals surface area contributed by atoms with Gasteiger partial charge in [0.15, 0.2) is 10.4 Å². The molecule has 1 aromatic rings. The lowest BCUT2D eigenvalue weighted by Gasteiger charge is -2.36. The molecule has 1 saturated heterocycles. The van der Waals surface area contributed by atoms with E-state index in [2.05, 4.69) is 49.9 Å². The van der Waals surface area contributed by atoms with E-state index in [1.807, 2.05) is 0 Å². The highest BCUT2D eigenvalue weighted by atomic mass is 79.9. The molecule has 0 spiro atoms. The Morgan fingerprint density at radius 3 is 2.44 bits per heavy atom. The second-order valence-corrected chi connectivity index (χ2v) is 5.69. The number of piperidine rings is 1. The van der Waals surface area contributed by atoms with Crippen LogP contribution in [-0.4, -0.2) is 28.3 Å². The summed E-state index contributed by atoms with van der Waals surface area (Å²) in [7, 11) is 0. The number of hydrogen-bond acceptors (Lipinski definition) is 5. The van der Waals surface area contributed by atoms with E-state index < -0.39 is 0 Å². The monoisotopic (exact) mass is 285 g/mol. The molecule has 0 unspecified atom stereocenters. The minimum absolute atomic E-state index is 0.398. The Morgan fingerprint density at radius 1 is 1.25 bits per heavy atom. The second-order valence-electron chi connectivity index (χ2n) is 4.94. The summed E-state index contributed by atoms with van der Waals surface area (Å²) in [5.41, 5.74) is 6.11. The SMILES string of the molecule is CC1(C)CCN(c2nnc(Br)c(N)n2)CC1. The van der Waals surface area contributed by atoms with Gasteiger partial charge in [-0.25, -0.2) is 0 Å². The summed E-state index contributed by atoms with van der Waals surface area (Å²) < 4.78 is 0.508. The highest BCUT2D eigenvalue weighted by Gasteiger charge is 2.26. The number of rotatable bonds is 1. The molecule has 0 bridgehead atoms. The lowest BCUT2D eigenvalue weighted by Crippen LogP contribution is -2.38. The van der Waals surface area contributed by atoms with E-state index in [1.165, 1.54) is 0 Å². The van der Waals surface area contributed by atoms with E-state index in [0.29, 0.717) is 21.8 Å². The predicted octanol–water partition coefficient (Wildman–Crippen LogP) is 1.84. The quantitative estimate of drug-likeness (QED) is 0.853. The Labute approximate surface area is 104 Å². The Morgan fingerprint density at radius 2 is 1.88 bits per heavy atom. The summed E-state index contributed by atoms with van der Waals surface area (Å²) >= 11 is 3.19. The normalized spacial score (nSPS) is 19.8. The zero-order chi connectivity index (χ0) is 11.8. The summed E-state index contributed by atoms with van der Waals surface area (Å²) in [5.74, 6) is 1.03. The van der Waals surface area contributed by atoms with Crippen LogP contribution in [0.15, 0.2) is 4.60 Å². The molecule has 16 heavy (non-hydrogen) atoms. The highest BCUT2D eigenvalue weighted by Crippen LogP contribution is 2.31. The summed E-state index contributed by atoms with van der Waals surface area (Å²) in [6, 6.07) is 0. The average Bonchev–Trinajstić information content (AvgIpc) is 2.22. The van der Waals surface area contributed by atoms with Gasteiger partial charge in [-0.15, -0.1) is 10.2 Å². The van der Waals surface area contributed by atoms with E-state index in [9.17, 15) is 0 Å². The smallest absolute Gasteiger partial charge is 0.247 e. The molecule has 2 heterocycles. The molecule has 6 heteroatoms. The molecule has 1 fully saturated rings. The van der Waals surface area contributed by atoms with Crippen molar-refractivity contribution in [1.82, 2.24) is 15.2 Å². The van der Waals surface area contributed by atoms with Crippen LogP contribution in [0.4, 0.5) is 11.8 Å². The zero-order valence-electron chi connectivity index (χ0n) is 9.57. The molecule has 88 valence electrons. The van der Waals surface area contributed by atoms with Gasteiger partial charge in [-0.3, -0.25) is 0 Å². The molecule has 0 aliphatic carbocycles. The largest absolute Gasteiger partial charge is 0.381 e. The number of nitrogens with two attached hydrogens (primary N) is 1. The molecule has 5 nitrogen and oxygen atoms in total. The van der Waals surface area contributed by atoms with Crippen LogP contribution < -0.4 is 10.6 Å². The van der Waals surface area contributed by atoms with Gasteiger partial charge in [-0.2, -0.15) is 4.98 Å². The minimum Gasteiger partial charge on any atom is -0.381 e. The summed E-state index contributed by atoms with van der Waals surface area (Å²) in [4.78, 5) is 6.37. The number of hydrogen-bond donors (Lipinski definition) is 1. The molecule has 0 atom stereocenters. The van der Waals surface area contributed by atoms with E-state index in [0.717, 1.165) is 25.9 Å². The summed E-state index contributed by atoms with van der Waals surface area (Å²) in [5, 5.41) is 7.98. The fraction of sp³-hybridized carbons (Fsp3) is 0.700. The van der Waals surface area contributed by atoms with Crippen LogP contribution in [-0.2, 0) is 0 Å². The van der Waals surface area contributed by atoms with Gasteiger partial charge in [0.1, 0.15) is 0 Å². The predicted molar refractivity (Wildman–Crippen MR) is 67.2 cm³/mol. The fourth-order valence-electron chi connectivity index (χ4n) is 1.76. The first-order chi connectivity index (χ1) is 7.48. The van der Waals surface area contributed by atoms with Crippen molar-refractivity contribution in [3.8, 4) is 0 Å². The topological polar surface area (TPSA) is 67.9 Å². The van der Waals surface area contributed by atoms with Crippen molar-refractivity contribution in [3.63, 3.8) is 0 Å². The Hall–Kier alpha value is -0.910. The van der Waals surface area contributed by atoms with Crippen molar-refractivity contribution < 1.29 is 0 Å². The first-order valence-electron chi connectivity index (χ1n) is 5.39. The van der Waals surface area contributed by atoms with E-state index in [4.69, 9.17) is 5.73 Å². The maximum atomic E-state index is 5.69. The molecule has 2 N–H and O–H groups in total. The Balaban J connectivity index is 2.11. The Kier molecular flexibility index (Phi) is 3.01. The van der Waals surface area contributed by atoms with Gasteiger partial charge in [0.2, 0.25) is 5.95 Å². The maximum absolute atomic E-state index is 5.69. The van der Waals surface area contributed by atoms with Crippen molar-refractivity contribution in [1.29, 1.82) is 0 Å². The third-order valence-corrected chi connectivity index (χ3v) is 3.62. The molecule has 0 radical (unpaired) electrons. The van der Waals surface area contributed by atoms with Crippen LogP contribution in [0.5, 0.6) is 0 Å². The fourth-order valence-corrected chi connectivity index (χ4v) is 1.93. The molecule has 2 rings (SSSR count). The molecule has 1 aliphatic heterocycles. The standard InChI is InChI=1S/C10H16BrN5/c1-10(2)3-5-16(6-4-10)9-13-8(12)7(11)14-15-9/h3-6H2,1-2H3,(H2,12,13,15). The van der Waals surface area contributed by atoms with Gasteiger partial charge in [0, 0.05) is 13.1 Å². The molecule has 1 aromatic heterocycles. The molecule has 0 saturated carbocycles. The number of nitrogens with zero attached hydrogens (tertiary/aromatic N) is 4. The second kappa shape index (κ2) is 4.16. The highest BCUT2D eigenvalue weighted by molar-refractivity contribution is 9.10. The van der Waals surface area contributed by atoms with Gasteiger partial charge in [-0.1, -0.05) is 13.8 Å². The van der Waals surface area contributed by atoms with Gasteiger partial charge < -0.3 is 10.6 Å². The molecular weight excluding hydrogens is 270 g/mol. The first kappa shape index (κ1) is 11.6. The zero-order valence-corrected chi connectivity index (χ0v) is 11.2. The lowest BCUT2D eigenvalue weighted by molar-refractivity contribution is 0.278. The molecular formula is C10H16BrN5. The number of halogens is 1. The maximum Gasteiger partial charge on any atom is 0.247 e. The van der Waals surface area contributed by atoms with E-state index in [-0.39, 0.29) is 0 Å². The van der Waals surface area contributed by atoms with Crippen LogP contribution >= 0.6 is 15.9 Å². The van der Waals surface area contributed by atoms with Crippen molar-refractivity contribution in [2.45, 2.75) is 26.7 Å². The van der Waals surface area contributed by atoms with Crippen molar-refractivity contribution in [2.24, 2.45) is 5.41 Å². The van der Waals surface area contributed by atoms with Crippen molar-refractivity contribution >= 4 is 27.7 Å². The van der Waals surface area contributed by atoms with Crippen LogP contribution in [0.3, 0.4) is 0 Å². The van der Waals surface area contributed by atoms with Crippen LogP contribution in [0.1, 0.15) is 26.7 Å². The summed E-state index contributed by atoms with van der Waals surface area (Å²) in [6.45, 7) is 6.52. The molecule has 1 aliphatic rings. The van der Waals surface area contributed by atoms with Gasteiger partial charge in [0.05, 0.1) is 0 Å². The average molecular weight is 286 g/mol. The van der Waals surface area contributed by atoms with Crippen molar-refractivity contribution in [2.75, 3.05) is 23.7 Å². The third-order valence-electron chi connectivity index (χ3n) is 3.06. The summed E-state index contributed by atoms with van der Waals surface area (Å²) in [6.07, 6.45) is 2.29. The van der Waals surface area contributed by atoms with E-state index >= 15 is 0 Å².